The molecule has 1 heterocycles. The van der Waals surface area contributed by atoms with E-state index in [4.69, 9.17) is 9.47 Å². The van der Waals surface area contributed by atoms with Crippen LogP contribution in [0.5, 0.6) is 5.75 Å². The lowest BCUT2D eigenvalue weighted by Gasteiger charge is -2.12. The number of benzene rings is 1. The summed E-state index contributed by atoms with van der Waals surface area (Å²) < 4.78 is 47.9. The summed E-state index contributed by atoms with van der Waals surface area (Å²) in [5.74, 6) is 0.290. The highest BCUT2D eigenvalue weighted by atomic mass is 19.4. The Balaban J connectivity index is 2.10. The van der Waals surface area contributed by atoms with Crippen molar-refractivity contribution in [3.63, 3.8) is 0 Å². The lowest BCUT2D eigenvalue weighted by atomic mass is 10.0. The highest BCUT2D eigenvalue weighted by Gasteiger charge is 2.34. The second kappa shape index (κ2) is 4.80. The van der Waals surface area contributed by atoms with Gasteiger partial charge >= 0.3 is 6.18 Å². The van der Waals surface area contributed by atoms with Crippen molar-refractivity contribution in [2.75, 3.05) is 7.11 Å². The number of rotatable bonds is 4. The van der Waals surface area contributed by atoms with Crippen LogP contribution in [-0.4, -0.2) is 19.3 Å². The number of ether oxygens (including phenoxy) is 2. The SMILES string of the molecule is COc1cc(C(F)(F)F)ccc1CCC1OC1C. The first-order valence-corrected chi connectivity index (χ1v) is 5.81. The van der Waals surface area contributed by atoms with Crippen LogP contribution in [0.2, 0.25) is 0 Å². The molecule has 1 aliphatic rings. The lowest BCUT2D eigenvalue weighted by molar-refractivity contribution is -0.137. The predicted octanol–water partition coefficient (Wildman–Crippen LogP) is 3.43. The topological polar surface area (TPSA) is 21.8 Å². The molecule has 2 rings (SSSR count). The van der Waals surface area contributed by atoms with Crippen molar-refractivity contribution < 1.29 is 22.6 Å². The van der Waals surface area contributed by atoms with Crippen molar-refractivity contribution in [1.82, 2.24) is 0 Å². The molecule has 2 nitrogen and oxygen atoms in total. The number of hydrogen-bond donors (Lipinski definition) is 0. The Morgan fingerprint density at radius 3 is 2.50 bits per heavy atom. The van der Waals surface area contributed by atoms with Crippen LogP contribution in [0, 0.1) is 0 Å². The van der Waals surface area contributed by atoms with E-state index in [1.165, 1.54) is 13.2 Å². The third-order valence-electron chi connectivity index (χ3n) is 3.15. The summed E-state index contributed by atoms with van der Waals surface area (Å²) in [6, 6.07) is 3.62. The summed E-state index contributed by atoms with van der Waals surface area (Å²) in [4.78, 5) is 0. The molecule has 0 aliphatic carbocycles. The zero-order valence-corrected chi connectivity index (χ0v) is 10.3. The third-order valence-corrected chi connectivity index (χ3v) is 3.15. The second-order valence-corrected chi connectivity index (χ2v) is 4.44. The number of halogens is 3. The molecule has 0 bridgehead atoms. The van der Waals surface area contributed by atoms with Crippen LogP contribution < -0.4 is 4.74 Å². The summed E-state index contributed by atoms with van der Waals surface area (Å²) in [5.41, 5.74) is 0.104. The minimum atomic E-state index is -4.33. The van der Waals surface area contributed by atoms with Crippen LogP contribution in [0.3, 0.4) is 0 Å². The third kappa shape index (κ3) is 2.96. The first kappa shape index (κ1) is 13.2. The van der Waals surface area contributed by atoms with E-state index in [0.717, 1.165) is 24.1 Å². The molecule has 5 heteroatoms. The molecule has 0 N–H and O–H groups in total. The molecule has 0 saturated carbocycles. The van der Waals surface area contributed by atoms with Crippen LogP contribution in [-0.2, 0) is 17.3 Å². The Kier molecular flexibility index (Phi) is 3.52. The average Bonchev–Trinajstić information content (AvgIpc) is 3.01. The molecule has 2 unspecified atom stereocenters. The van der Waals surface area contributed by atoms with E-state index in [1.54, 1.807) is 0 Å². The molecule has 1 aliphatic heterocycles. The van der Waals surface area contributed by atoms with Gasteiger partial charge in [-0.1, -0.05) is 6.07 Å². The van der Waals surface area contributed by atoms with Crippen molar-refractivity contribution in [1.29, 1.82) is 0 Å². The molecule has 0 radical (unpaired) electrons. The minimum absolute atomic E-state index is 0.233. The fraction of sp³-hybridized carbons (Fsp3) is 0.538. The smallest absolute Gasteiger partial charge is 0.416 e. The Hall–Kier alpha value is -1.23. The Labute approximate surface area is 104 Å². The van der Waals surface area contributed by atoms with Gasteiger partial charge in [0.1, 0.15) is 5.75 Å². The fourth-order valence-corrected chi connectivity index (χ4v) is 1.96. The van der Waals surface area contributed by atoms with Crippen LogP contribution in [0.1, 0.15) is 24.5 Å². The molecule has 0 aromatic heterocycles. The van der Waals surface area contributed by atoms with Gasteiger partial charge in [-0.15, -0.1) is 0 Å². The quantitative estimate of drug-likeness (QED) is 0.773. The zero-order valence-electron chi connectivity index (χ0n) is 10.3. The van der Waals surface area contributed by atoms with Gasteiger partial charge in [0.2, 0.25) is 0 Å². The largest absolute Gasteiger partial charge is 0.496 e. The molecule has 1 fully saturated rings. The zero-order chi connectivity index (χ0) is 13.3. The van der Waals surface area contributed by atoms with Gasteiger partial charge in [-0.3, -0.25) is 0 Å². The number of methoxy groups -OCH3 is 1. The maximum absolute atomic E-state index is 12.5. The van der Waals surface area contributed by atoms with Crippen LogP contribution in [0.4, 0.5) is 13.2 Å². The monoisotopic (exact) mass is 260 g/mol. The van der Waals surface area contributed by atoms with Crippen molar-refractivity contribution in [3.8, 4) is 5.75 Å². The molecule has 1 aromatic carbocycles. The molecule has 0 amide bonds. The van der Waals surface area contributed by atoms with Gasteiger partial charge in [-0.05, 0) is 37.5 Å². The standard InChI is InChI=1S/C13H15F3O2/c1-8-11(18-8)6-4-9-3-5-10(13(14,15)16)7-12(9)17-2/h3,5,7-8,11H,4,6H2,1-2H3. The van der Waals surface area contributed by atoms with Crippen molar-refractivity contribution in [2.45, 2.75) is 38.1 Å². The molecular weight excluding hydrogens is 245 g/mol. The van der Waals surface area contributed by atoms with Crippen molar-refractivity contribution in [2.24, 2.45) is 0 Å². The molecular formula is C13H15F3O2. The molecule has 0 spiro atoms. The summed E-state index contributed by atoms with van der Waals surface area (Å²) in [6.07, 6.45) is -2.36. The van der Waals surface area contributed by atoms with Crippen molar-refractivity contribution in [3.05, 3.63) is 29.3 Å². The summed E-state index contributed by atoms with van der Waals surface area (Å²) >= 11 is 0. The van der Waals surface area contributed by atoms with Gasteiger partial charge in [0, 0.05) is 0 Å². The molecule has 100 valence electrons. The Morgan fingerprint density at radius 1 is 1.33 bits per heavy atom. The van der Waals surface area contributed by atoms with E-state index in [0.29, 0.717) is 6.42 Å². The van der Waals surface area contributed by atoms with E-state index in [9.17, 15) is 13.2 Å². The highest BCUT2D eigenvalue weighted by Crippen LogP contribution is 2.34. The lowest BCUT2D eigenvalue weighted by Crippen LogP contribution is -2.06. The Bertz CT molecular complexity index is 429. The molecule has 18 heavy (non-hydrogen) atoms. The first-order valence-electron chi connectivity index (χ1n) is 5.81. The Morgan fingerprint density at radius 2 is 2.00 bits per heavy atom. The normalized spacial score (nSPS) is 22.9. The molecule has 1 saturated heterocycles. The number of alkyl halides is 3. The molecule has 1 aromatic rings. The van der Waals surface area contributed by atoms with Crippen molar-refractivity contribution >= 4 is 0 Å². The summed E-state index contributed by atoms with van der Waals surface area (Å²) in [7, 11) is 1.38. The number of epoxide rings is 1. The van der Waals surface area contributed by atoms with E-state index in [2.05, 4.69) is 0 Å². The van der Waals surface area contributed by atoms with E-state index in [1.807, 2.05) is 6.92 Å². The summed E-state index contributed by atoms with van der Waals surface area (Å²) in [5, 5.41) is 0. The average molecular weight is 260 g/mol. The van der Waals surface area contributed by atoms with E-state index < -0.39 is 11.7 Å². The van der Waals surface area contributed by atoms with Crippen LogP contribution in [0.25, 0.3) is 0 Å². The maximum Gasteiger partial charge on any atom is 0.416 e. The maximum atomic E-state index is 12.5. The van der Waals surface area contributed by atoms with E-state index >= 15 is 0 Å². The second-order valence-electron chi connectivity index (χ2n) is 4.44. The van der Waals surface area contributed by atoms with Gasteiger partial charge in [-0.2, -0.15) is 13.2 Å². The van der Waals surface area contributed by atoms with Gasteiger partial charge in [0.25, 0.3) is 0 Å². The van der Waals surface area contributed by atoms with Crippen LogP contribution >= 0.6 is 0 Å². The summed E-state index contributed by atoms with van der Waals surface area (Å²) in [6.45, 7) is 1.98. The van der Waals surface area contributed by atoms with Crippen LogP contribution in [0.15, 0.2) is 18.2 Å². The van der Waals surface area contributed by atoms with Gasteiger partial charge in [0.05, 0.1) is 24.9 Å². The minimum Gasteiger partial charge on any atom is -0.496 e. The van der Waals surface area contributed by atoms with E-state index in [-0.39, 0.29) is 18.0 Å². The first-order chi connectivity index (χ1) is 8.41. The van der Waals surface area contributed by atoms with Gasteiger partial charge in [-0.25, -0.2) is 0 Å². The predicted molar refractivity (Wildman–Crippen MR) is 60.7 cm³/mol. The highest BCUT2D eigenvalue weighted by molar-refractivity contribution is 5.38. The number of aryl methyl sites for hydroxylation is 1. The fourth-order valence-electron chi connectivity index (χ4n) is 1.96. The number of hydrogen-bond acceptors (Lipinski definition) is 2. The van der Waals surface area contributed by atoms with Gasteiger partial charge in [0.15, 0.2) is 0 Å². The van der Waals surface area contributed by atoms with Gasteiger partial charge < -0.3 is 9.47 Å². The molecule has 2 atom stereocenters.